The molecule has 3 rings (SSSR count). The van der Waals surface area contributed by atoms with E-state index in [0.717, 1.165) is 21.3 Å². The fraction of sp³-hybridized carbons (Fsp3) is 0.286. The number of nitrogens with zero attached hydrogens (tertiary/aromatic N) is 2. The smallest absolute Gasteiger partial charge is 0.326 e. The summed E-state index contributed by atoms with van der Waals surface area (Å²) < 4.78 is 20.8. The molecule has 7 heteroatoms. The summed E-state index contributed by atoms with van der Waals surface area (Å²) in [6.07, 6.45) is 0.0614. The Hall–Kier alpha value is -2.80. The van der Waals surface area contributed by atoms with Crippen LogP contribution in [0.2, 0.25) is 0 Å². The van der Waals surface area contributed by atoms with E-state index < -0.39 is 0 Å². The van der Waals surface area contributed by atoms with Gasteiger partial charge in [0.05, 0.1) is 23.2 Å². The predicted molar refractivity (Wildman–Crippen MR) is 107 cm³/mol. The average molecular weight is 400 g/mol. The highest BCUT2D eigenvalue weighted by atomic mass is 32.1. The molecule has 0 saturated heterocycles. The number of benzene rings is 2. The van der Waals surface area contributed by atoms with Crippen molar-refractivity contribution < 1.29 is 18.7 Å². The molecular weight excluding hydrogens is 379 g/mol. The number of aromatic nitrogens is 1. The topological polar surface area (TPSA) is 60.7 Å². The molecule has 28 heavy (non-hydrogen) atoms. The Balaban J connectivity index is 2.03. The SMILES string of the molecule is CCOC(=O)Cn1c(=NC(=O)Cc2ccc(F)cc2)sc2c(C)cc(C)cc21. The quantitative estimate of drug-likeness (QED) is 0.614. The minimum Gasteiger partial charge on any atom is -0.465 e. The van der Waals surface area contributed by atoms with Crippen molar-refractivity contribution >= 4 is 33.4 Å². The van der Waals surface area contributed by atoms with Crippen molar-refractivity contribution in [1.29, 1.82) is 0 Å². The van der Waals surface area contributed by atoms with Gasteiger partial charge in [0.2, 0.25) is 0 Å². The molecule has 0 bridgehead atoms. The van der Waals surface area contributed by atoms with Gasteiger partial charge < -0.3 is 9.30 Å². The van der Waals surface area contributed by atoms with Gasteiger partial charge in [-0.2, -0.15) is 4.99 Å². The Morgan fingerprint density at radius 3 is 2.57 bits per heavy atom. The zero-order valence-electron chi connectivity index (χ0n) is 16.0. The van der Waals surface area contributed by atoms with Crippen LogP contribution in [0.4, 0.5) is 4.39 Å². The third kappa shape index (κ3) is 4.54. The number of carbonyl (C=O) groups excluding carboxylic acids is 2. The van der Waals surface area contributed by atoms with E-state index in [2.05, 4.69) is 11.1 Å². The zero-order valence-corrected chi connectivity index (χ0v) is 16.8. The Morgan fingerprint density at radius 2 is 1.89 bits per heavy atom. The number of amides is 1. The maximum Gasteiger partial charge on any atom is 0.326 e. The molecule has 0 radical (unpaired) electrons. The highest BCUT2D eigenvalue weighted by molar-refractivity contribution is 7.16. The maximum atomic E-state index is 13.0. The fourth-order valence-electron chi connectivity index (χ4n) is 3.01. The summed E-state index contributed by atoms with van der Waals surface area (Å²) in [4.78, 5) is 29.2. The van der Waals surface area contributed by atoms with E-state index in [-0.39, 0.29) is 37.3 Å². The van der Waals surface area contributed by atoms with E-state index >= 15 is 0 Å². The second-order valence-electron chi connectivity index (χ2n) is 6.51. The lowest BCUT2D eigenvalue weighted by atomic mass is 10.1. The van der Waals surface area contributed by atoms with Gasteiger partial charge in [0, 0.05) is 0 Å². The lowest BCUT2D eigenvalue weighted by Crippen LogP contribution is -2.23. The molecule has 3 aromatic rings. The van der Waals surface area contributed by atoms with Crippen molar-refractivity contribution in [3.63, 3.8) is 0 Å². The van der Waals surface area contributed by atoms with E-state index in [4.69, 9.17) is 4.74 Å². The van der Waals surface area contributed by atoms with Crippen molar-refractivity contribution in [3.05, 3.63) is 63.7 Å². The van der Waals surface area contributed by atoms with Crippen molar-refractivity contribution in [2.24, 2.45) is 4.99 Å². The number of aryl methyl sites for hydroxylation is 2. The molecule has 0 atom stereocenters. The fourth-order valence-corrected chi connectivity index (χ4v) is 4.11. The van der Waals surface area contributed by atoms with Gasteiger partial charge in [-0.15, -0.1) is 0 Å². The highest BCUT2D eigenvalue weighted by Crippen LogP contribution is 2.23. The summed E-state index contributed by atoms with van der Waals surface area (Å²) in [7, 11) is 0. The molecule has 1 amide bonds. The molecular formula is C21H21FN2O3S. The lowest BCUT2D eigenvalue weighted by Gasteiger charge is -2.06. The number of esters is 1. The molecule has 0 aliphatic carbocycles. The first-order valence-electron chi connectivity index (χ1n) is 8.95. The largest absolute Gasteiger partial charge is 0.465 e. The second kappa shape index (κ2) is 8.48. The molecule has 0 N–H and O–H groups in total. The first kappa shape index (κ1) is 19.9. The van der Waals surface area contributed by atoms with Gasteiger partial charge in [-0.25, -0.2) is 4.39 Å². The number of thiazole rings is 1. The van der Waals surface area contributed by atoms with E-state index in [1.54, 1.807) is 23.6 Å². The van der Waals surface area contributed by atoms with Crippen molar-refractivity contribution in [3.8, 4) is 0 Å². The van der Waals surface area contributed by atoms with Gasteiger partial charge in [-0.05, 0) is 55.7 Å². The van der Waals surface area contributed by atoms with Crippen LogP contribution >= 0.6 is 11.3 Å². The molecule has 0 aliphatic rings. The second-order valence-corrected chi connectivity index (χ2v) is 7.49. The van der Waals surface area contributed by atoms with Crippen molar-refractivity contribution in [2.75, 3.05) is 6.61 Å². The van der Waals surface area contributed by atoms with Gasteiger partial charge in [0.1, 0.15) is 12.4 Å². The van der Waals surface area contributed by atoms with Crippen LogP contribution in [-0.2, 0) is 27.3 Å². The molecule has 2 aromatic carbocycles. The van der Waals surface area contributed by atoms with Crippen LogP contribution < -0.4 is 4.80 Å². The summed E-state index contributed by atoms with van der Waals surface area (Å²) in [6.45, 7) is 5.99. The molecule has 0 spiro atoms. The summed E-state index contributed by atoms with van der Waals surface area (Å²) in [5, 5.41) is 0. The van der Waals surface area contributed by atoms with Gasteiger partial charge in [0.25, 0.3) is 5.91 Å². The Morgan fingerprint density at radius 1 is 1.18 bits per heavy atom. The van der Waals surface area contributed by atoms with Crippen LogP contribution in [0, 0.1) is 19.7 Å². The van der Waals surface area contributed by atoms with Crippen molar-refractivity contribution in [2.45, 2.75) is 33.7 Å². The number of hydrogen-bond acceptors (Lipinski definition) is 4. The summed E-state index contributed by atoms with van der Waals surface area (Å²) in [5.41, 5.74) is 3.65. The van der Waals surface area contributed by atoms with Crippen LogP contribution in [0.3, 0.4) is 0 Å². The Bertz CT molecular complexity index is 1100. The standard InChI is InChI=1S/C21H21FN2O3S/c1-4-27-19(26)12-24-17-10-13(2)9-14(3)20(17)28-21(24)23-18(25)11-15-5-7-16(22)8-6-15/h5-10H,4,11-12H2,1-3H3. The predicted octanol–water partition coefficient (Wildman–Crippen LogP) is 3.69. The van der Waals surface area contributed by atoms with Crippen LogP contribution in [-0.4, -0.2) is 23.1 Å². The van der Waals surface area contributed by atoms with E-state index in [0.29, 0.717) is 10.4 Å². The summed E-state index contributed by atoms with van der Waals surface area (Å²) in [5.74, 6) is -1.09. The monoisotopic (exact) mass is 400 g/mol. The molecule has 0 fully saturated rings. The molecule has 5 nitrogen and oxygen atoms in total. The first-order chi connectivity index (χ1) is 13.4. The van der Waals surface area contributed by atoms with Crippen LogP contribution in [0.25, 0.3) is 10.2 Å². The molecule has 0 unspecified atom stereocenters. The Labute approximate surface area is 166 Å². The number of fused-ring (bicyclic) bond motifs is 1. The maximum absolute atomic E-state index is 13.0. The highest BCUT2D eigenvalue weighted by Gasteiger charge is 2.14. The van der Waals surface area contributed by atoms with Crippen LogP contribution in [0.15, 0.2) is 41.4 Å². The number of ether oxygens (including phenoxy) is 1. The number of carbonyl (C=O) groups is 2. The molecule has 0 aliphatic heterocycles. The van der Waals surface area contributed by atoms with Gasteiger partial charge in [-0.1, -0.05) is 29.5 Å². The lowest BCUT2D eigenvalue weighted by molar-refractivity contribution is -0.143. The van der Waals surface area contributed by atoms with Crippen LogP contribution in [0.5, 0.6) is 0 Å². The number of halogens is 1. The molecule has 1 heterocycles. The normalized spacial score (nSPS) is 11.8. The third-order valence-corrected chi connectivity index (χ3v) is 5.43. The van der Waals surface area contributed by atoms with Gasteiger partial charge in [-0.3, -0.25) is 9.59 Å². The molecule has 1 aromatic heterocycles. The average Bonchev–Trinajstić information content (AvgIpc) is 2.95. The summed E-state index contributed by atoms with van der Waals surface area (Å²) >= 11 is 1.37. The van der Waals surface area contributed by atoms with E-state index in [1.165, 1.54) is 23.5 Å². The minimum absolute atomic E-state index is 0.0145. The van der Waals surface area contributed by atoms with Gasteiger partial charge >= 0.3 is 5.97 Å². The molecule has 146 valence electrons. The van der Waals surface area contributed by atoms with Gasteiger partial charge in [0.15, 0.2) is 4.80 Å². The molecule has 0 saturated carbocycles. The van der Waals surface area contributed by atoms with Crippen LogP contribution in [0.1, 0.15) is 23.6 Å². The minimum atomic E-state index is -0.381. The number of hydrogen-bond donors (Lipinski definition) is 0. The van der Waals surface area contributed by atoms with Crippen molar-refractivity contribution in [1.82, 2.24) is 4.57 Å². The summed E-state index contributed by atoms with van der Waals surface area (Å²) in [6, 6.07) is 9.78. The first-order valence-corrected chi connectivity index (χ1v) is 9.77. The van der Waals surface area contributed by atoms with E-state index in [9.17, 15) is 14.0 Å². The Kier molecular flexibility index (Phi) is 6.04. The third-order valence-electron chi connectivity index (χ3n) is 4.20. The number of rotatable bonds is 5. The van der Waals surface area contributed by atoms with E-state index in [1.807, 2.05) is 19.9 Å². The zero-order chi connectivity index (χ0) is 20.3.